The fraction of sp³-hybridized carbons (Fsp3) is 0.500. The van der Waals surface area contributed by atoms with E-state index < -0.39 is 12.0 Å². The van der Waals surface area contributed by atoms with E-state index >= 15 is 0 Å². The summed E-state index contributed by atoms with van der Waals surface area (Å²) in [6.45, 7) is 5.68. The van der Waals surface area contributed by atoms with Crippen molar-refractivity contribution in [2.45, 2.75) is 33.2 Å². The molecule has 0 saturated heterocycles. The maximum Gasteiger partial charge on any atom is 0.305 e. The molecule has 0 aliphatic rings. The zero-order valence-electron chi connectivity index (χ0n) is 10.6. The lowest BCUT2D eigenvalue weighted by Gasteiger charge is -2.30. The minimum Gasteiger partial charge on any atom is -0.481 e. The molecule has 100 valence electrons. The molecule has 1 aromatic rings. The van der Waals surface area contributed by atoms with Crippen molar-refractivity contribution in [3.05, 3.63) is 22.4 Å². The molecule has 0 aliphatic carbocycles. The van der Waals surface area contributed by atoms with Gasteiger partial charge in [-0.05, 0) is 27.4 Å². The highest BCUT2D eigenvalue weighted by molar-refractivity contribution is 9.10. The average molecular weight is 317 g/mol. The van der Waals surface area contributed by atoms with Crippen LogP contribution in [0.1, 0.15) is 37.7 Å². The van der Waals surface area contributed by atoms with E-state index in [1.54, 1.807) is 12.3 Å². The maximum atomic E-state index is 11.9. The molecule has 0 spiro atoms. The largest absolute Gasteiger partial charge is 0.481 e. The van der Waals surface area contributed by atoms with Gasteiger partial charge in [-0.15, -0.1) is 0 Å². The third-order valence-electron chi connectivity index (χ3n) is 2.62. The van der Waals surface area contributed by atoms with Crippen LogP contribution >= 0.6 is 15.9 Å². The van der Waals surface area contributed by atoms with Crippen LogP contribution in [0.15, 0.2) is 16.7 Å². The average Bonchev–Trinajstić information content (AvgIpc) is 2.61. The lowest BCUT2D eigenvalue weighted by atomic mass is 9.84. The molecule has 0 saturated carbocycles. The second-order valence-corrected chi connectivity index (χ2v) is 6.14. The van der Waals surface area contributed by atoms with E-state index in [1.807, 2.05) is 20.8 Å². The molecule has 0 bridgehead atoms. The first-order chi connectivity index (χ1) is 8.20. The predicted octanol–water partition coefficient (Wildman–Crippen LogP) is 2.40. The summed E-state index contributed by atoms with van der Waals surface area (Å²) < 4.78 is 0.776. The first-order valence-electron chi connectivity index (χ1n) is 5.56. The standard InChI is InChI=1S/C12H17BrN2O3/c1-12(2,3)9(5-10(16)17)15-11(18)8-4-7(13)6-14-8/h4,6,9,14H,5H2,1-3H3,(H,15,18)(H,16,17). The molecule has 0 aromatic carbocycles. The van der Waals surface area contributed by atoms with Crippen LogP contribution < -0.4 is 5.32 Å². The van der Waals surface area contributed by atoms with Crippen molar-refractivity contribution < 1.29 is 14.7 Å². The Balaban J connectivity index is 2.78. The first-order valence-corrected chi connectivity index (χ1v) is 6.36. The van der Waals surface area contributed by atoms with Gasteiger partial charge >= 0.3 is 5.97 Å². The van der Waals surface area contributed by atoms with Crippen molar-refractivity contribution in [3.63, 3.8) is 0 Å². The molecule has 0 radical (unpaired) electrons. The minimum absolute atomic E-state index is 0.100. The molecular formula is C12H17BrN2O3. The SMILES string of the molecule is CC(C)(C)C(CC(=O)O)NC(=O)c1cc(Br)c[nH]1. The highest BCUT2D eigenvalue weighted by atomic mass is 79.9. The van der Waals surface area contributed by atoms with Crippen LogP contribution in [-0.4, -0.2) is 28.0 Å². The number of aromatic nitrogens is 1. The predicted molar refractivity (Wildman–Crippen MR) is 71.5 cm³/mol. The summed E-state index contributed by atoms with van der Waals surface area (Å²) in [6.07, 6.45) is 1.55. The van der Waals surface area contributed by atoms with Gasteiger partial charge in [0.2, 0.25) is 0 Å². The maximum absolute atomic E-state index is 11.9. The van der Waals surface area contributed by atoms with E-state index in [0.717, 1.165) is 4.47 Å². The van der Waals surface area contributed by atoms with Gasteiger partial charge in [-0.1, -0.05) is 20.8 Å². The van der Waals surface area contributed by atoms with Crippen LogP contribution in [0.5, 0.6) is 0 Å². The fourth-order valence-electron chi connectivity index (χ4n) is 1.48. The van der Waals surface area contributed by atoms with Crippen molar-refractivity contribution in [2.24, 2.45) is 5.41 Å². The number of carbonyl (C=O) groups is 2. The van der Waals surface area contributed by atoms with Crippen LogP contribution in [0.2, 0.25) is 0 Å². The lowest BCUT2D eigenvalue weighted by Crippen LogP contribution is -2.45. The number of hydrogen-bond donors (Lipinski definition) is 3. The Labute approximate surface area is 114 Å². The van der Waals surface area contributed by atoms with Gasteiger partial charge < -0.3 is 15.4 Å². The summed E-state index contributed by atoms with van der Waals surface area (Å²) in [5.74, 6) is -1.23. The highest BCUT2D eigenvalue weighted by Gasteiger charge is 2.28. The Hall–Kier alpha value is -1.30. The molecular weight excluding hydrogens is 300 g/mol. The lowest BCUT2D eigenvalue weighted by molar-refractivity contribution is -0.138. The number of H-pyrrole nitrogens is 1. The zero-order valence-corrected chi connectivity index (χ0v) is 12.2. The molecule has 0 aliphatic heterocycles. The quantitative estimate of drug-likeness (QED) is 0.797. The normalized spacial score (nSPS) is 13.1. The van der Waals surface area contributed by atoms with Gasteiger partial charge in [0.25, 0.3) is 5.91 Å². The van der Waals surface area contributed by atoms with E-state index in [4.69, 9.17) is 5.11 Å². The van der Waals surface area contributed by atoms with Crippen LogP contribution in [0.4, 0.5) is 0 Å². The van der Waals surface area contributed by atoms with Gasteiger partial charge in [0.15, 0.2) is 0 Å². The molecule has 1 amide bonds. The Morgan fingerprint density at radius 1 is 1.50 bits per heavy atom. The number of amides is 1. The topological polar surface area (TPSA) is 82.2 Å². The third-order valence-corrected chi connectivity index (χ3v) is 3.08. The fourth-order valence-corrected chi connectivity index (χ4v) is 1.83. The van der Waals surface area contributed by atoms with Crippen molar-refractivity contribution >= 4 is 27.8 Å². The van der Waals surface area contributed by atoms with Crippen molar-refractivity contribution in [1.29, 1.82) is 0 Å². The van der Waals surface area contributed by atoms with Crippen molar-refractivity contribution in [2.75, 3.05) is 0 Å². The second-order valence-electron chi connectivity index (χ2n) is 5.22. The summed E-state index contributed by atoms with van der Waals surface area (Å²) in [4.78, 5) is 25.6. The van der Waals surface area contributed by atoms with Crippen LogP contribution in [0, 0.1) is 5.41 Å². The summed E-state index contributed by atoms with van der Waals surface area (Å²) in [6, 6.07) is 1.22. The highest BCUT2D eigenvalue weighted by Crippen LogP contribution is 2.22. The molecule has 1 rings (SSSR count). The van der Waals surface area contributed by atoms with Crippen molar-refractivity contribution in [1.82, 2.24) is 10.3 Å². The first kappa shape index (κ1) is 14.8. The van der Waals surface area contributed by atoms with Gasteiger partial charge in [-0.2, -0.15) is 0 Å². The number of halogens is 1. The number of carboxylic acids is 1. The molecule has 1 atom stereocenters. The van der Waals surface area contributed by atoms with Crippen LogP contribution in [-0.2, 0) is 4.79 Å². The summed E-state index contributed by atoms with van der Waals surface area (Å²) in [7, 11) is 0. The van der Waals surface area contributed by atoms with E-state index in [2.05, 4.69) is 26.2 Å². The number of nitrogens with one attached hydrogen (secondary N) is 2. The number of rotatable bonds is 4. The monoisotopic (exact) mass is 316 g/mol. The minimum atomic E-state index is -0.928. The Kier molecular flexibility index (Phi) is 4.56. The number of aromatic amines is 1. The second kappa shape index (κ2) is 5.56. The zero-order chi connectivity index (χ0) is 13.9. The van der Waals surface area contributed by atoms with E-state index in [0.29, 0.717) is 5.69 Å². The van der Waals surface area contributed by atoms with Crippen LogP contribution in [0.3, 0.4) is 0 Å². The molecule has 5 nitrogen and oxygen atoms in total. The smallest absolute Gasteiger partial charge is 0.305 e. The number of carbonyl (C=O) groups excluding carboxylic acids is 1. The van der Waals surface area contributed by atoms with Gasteiger partial charge in [0.05, 0.1) is 6.42 Å². The Bertz CT molecular complexity index is 448. The molecule has 1 aromatic heterocycles. The van der Waals surface area contributed by atoms with Gasteiger partial charge in [0, 0.05) is 16.7 Å². The Morgan fingerprint density at radius 2 is 2.11 bits per heavy atom. The summed E-state index contributed by atoms with van der Waals surface area (Å²) in [5.41, 5.74) is 0.0826. The Morgan fingerprint density at radius 3 is 2.50 bits per heavy atom. The van der Waals surface area contributed by atoms with Crippen LogP contribution in [0.25, 0.3) is 0 Å². The van der Waals surface area contributed by atoms with E-state index in [-0.39, 0.29) is 17.7 Å². The molecule has 0 fully saturated rings. The number of carboxylic acid groups (broad SMARTS) is 1. The molecule has 3 N–H and O–H groups in total. The molecule has 6 heteroatoms. The molecule has 1 heterocycles. The molecule has 1 unspecified atom stereocenters. The number of hydrogen-bond acceptors (Lipinski definition) is 2. The third kappa shape index (κ3) is 4.18. The van der Waals surface area contributed by atoms with Gasteiger partial charge in [-0.25, -0.2) is 0 Å². The van der Waals surface area contributed by atoms with E-state index in [1.165, 1.54) is 0 Å². The molecule has 18 heavy (non-hydrogen) atoms. The van der Waals surface area contributed by atoms with Gasteiger partial charge in [0.1, 0.15) is 5.69 Å². The van der Waals surface area contributed by atoms with Gasteiger partial charge in [-0.3, -0.25) is 9.59 Å². The summed E-state index contributed by atoms with van der Waals surface area (Å²) >= 11 is 3.24. The van der Waals surface area contributed by atoms with Crippen molar-refractivity contribution in [3.8, 4) is 0 Å². The number of aliphatic carboxylic acids is 1. The summed E-state index contributed by atoms with van der Waals surface area (Å²) in [5, 5.41) is 11.6. The van der Waals surface area contributed by atoms with E-state index in [9.17, 15) is 9.59 Å².